The molecular weight excluding hydrogens is 456 g/mol. The lowest BCUT2D eigenvalue weighted by atomic mass is 9.97. The summed E-state index contributed by atoms with van der Waals surface area (Å²) < 4.78 is 10.7. The van der Waals surface area contributed by atoms with Gasteiger partial charge in [-0.15, -0.1) is 0 Å². The third-order valence-electron chi connectivity index (χ3n) is 6.56. The molecule has 2 aliphatic rings. The number of rotatable bonds is 7. The van der Waals surface area contributed by atoms with Gasteiger partial charge in [-0.1, -0.05) is 51.1 Å². The topological polar surface area (TPSA) is 114 Å². The number of likely N-dealkylation sites (tertiary alicyclic amines) is 1. The molecule has 3 rings (SSSR count). The molecule has 1 fully saturated rings. The first-order valence-electron chi connectivity index (χ1n) is 11.3. The minimum Gasteiger partial charge on any atom is -0.467 e. The van der Waals surface area contributed by atoms with Gasteiger partial charge in [-0.25, -0.2) is 9.59 Å². The lowest BCUT2D eigenvalue weighted by Crippen LogP contribution is -2.55. The second-order valence-corrected chi connectivity index (χ2v) is 9.13. The molecule has 1 aromatic rings. The van der Waals surface area contributed by atoms with Crippen molar-refractivity contribution >= 4 is 41.4 Å². The van der Waals surface area contributed by atoms with E-state index in [0.717, 1.165) is 16.7 Å². The zero-order valence-electron chi connectivity index (χ0n) is 19.8. The van der Waals surface area contributed by atoms with E-state index >= 15 is 0 Å². The zero-order chi connectivity index (χ0) is 25.0. The smallest absolute Gasteiger partial charge is 0.410 e. The molecule has 0 unspecified atom stereocenters. The first kappa shape index (κ1) is 25.5. The summed E-state index contributed by atoms with van der Waals surface area (Å²) >= 11 is 4.95. The number of carbonyl (C=O) groups is 3. The molecule has 0 bridgehead atoms. The molecule has 3 N–H and O–H groups in total. The monoisotopic (exact) mass is 488 g/mol. The fourth-order valence-corrected chi connectivity index (χ4v) is 4.61. The maximum absolute atomic E-state index is 13.4. The van der Waals surface area contributed by atoms with Crippen LogP contribution in [0.2, 0.25) is 0 Å². The van der Waals surface area contributed by atoms with Crippen LogP contribution in [0.5, 0.6) is 0 Å². The summed E-state index contributed by atoms with van der Waals surface area (Å²) in [7, 11) is 1.27. The van der Waals surface area contributed by atoms with E-state index in [1.807, 2.05) is 32.0 Å². The van der Waals surface area contributed by atoms with Crippen molar-refractivity contribution in [1.29, 1.82) is 0 Å². The van der Waals surface area contributed by atoms with Crippen molar-refractivity contribution in [2.24, 2.45) is 11.7 Å². The van der Waals surface area contributed by atoms with Gasteiger partial charge in [0.2, 0.25) is 5.91 Å². The van der Waals surface area contributed by atoms with Crippen molar-refractivity contribution in [3.63, 3.8) is 0 Å². The van der Waals surface area contributed by atoms with Gasteiger partial charge in [-0.05, 0) is 34.8 Å². The summed E-state index contributed by atoms with van der Waals surface area (Å²) in [4.78, 5) is 41.8. The van der Waals surface area contributed by atoms with Gasteiger partial charge in [-0.2, -0.15) is 0 Å². The molecule has 2 amide bonds. The summed E-state index contributed by atoms with van der Waals surface area (Å²) in [6.07, 6.45) is 1.48. The van der Waals surface area contributed by atoms with Crippen LogP contribution in [-0.4, -0.2) is 64.7 Å². The van der Waals surface area contributed by atoms with E-state index in [0.29, 0.717) is 19.5 Å². The molecule has 1 saturated heterocycles. The largest absolute Gasteiger partial charge is 0.467 e. The zero-order valence-corrected chi connectivity index (χ0v) is 20.6. The number of hydrogen-bond acceptors (Lipinski definition) is 6. The Morgan fingerprint density at radius 2 is 2.09 bits per heavy atom. The highest BCUT2D eigenvalue weighted by Crippen LogP contribution is 2.29. The number of nitrogens with zero attached hydrogens (tertiary/aromatic N) is 2. The number of nitrogens with two attached hydrogens (primary N) is 1. The molecule has 10 heteroatoms. The van der Waals surface area contributed by atoms with Gasteiger partial charge < -0.3 is 25.4 Å². The van der Waals surface area contributed by atoms with Crippen molar-refractivity contribution < 1.29 is 23.9 Å². The van der Waals surface area contributed by atoms with Crippen molar-refractivity contribution in [1.82, 2.24) is 15.1 Å². The van der Waals surface area contributed by atoms with E-state index in [9.17, 15) is 14.4 Å². The minimum absolute atomic E-state index is 0.00272. The van der Waals surface area contributed by atoms with Gasteiger partial charge in [0, 0.05) is 13.0 Å². The van der Waals surface area contributed by atoms with Crippen molar-refractivity contribution in [2.45, 2.75) is 58.0 Å². The predicted molar refractivity (Wildman–Crippen MR) is 131 cm³/mol. The van der Waals surface area contributed by atoms with Crippen molar-refractivity contribution in [2.75, 3.05) is 13.7 Å². The fraction of sp³-hybridized carbons (Fsp3) is 0.500. The summed E-state index contributed by atoms with van der Waals surface area (Å²) in [5.74, 6) is -0.981. The average molecular weight is 489 g/mol. The molecular formula is C24H32N4O5S. The number of ether oxygens (including phenoxy) is 2. The molecule has 0 aliphatic carbocycles. The number of hydrogen-bond donors (Lipinski definition) is 2. The maximum atomic E-state index is 13.4. The van der Waals surface area contributed by atoms with Crippen molar-refractivity contribution in [3.05, 3.63) is 41.5 Å². The van der Waals surface area contributed by atoms with Gasteiger partial charge in [0.1, 0.15) is 18.2 Å². The van der Waals surface area contributed by atoms with Crippen LogP contribution in [-0.2, 0) is 32.2 Å². The molecule has 0 aromatic heterocycles. The fourth-order valence-electron chi connectivity index (χ4n) is 4.49. The van der Waals surface area contributed by atoms with E-state index in [1.54, 1.807) is 11.0 Å². The first-order valence-corrected chi connectivity index (χ1v) is 11.7. The van der Waals surface area contributed by atoms with E-state index in [4.69, 9.17) is 27.4 Å². The van der Waals surface area contributed by atoms with E-state index in [2.05, 4.69) is 11.9 Å². The summed E-state index contributed by atoms with van der Waals surface area (Å²) in [6, 6.07) is 4.30. The molecule has 1 aromatic carbocycles. The van der Waals surface area contributed by atoms with Gasteiger partial charge in [0.05, 0.1) is 20.2 Å². The summed E-state index contributed by atoms with van der Waals surface area (Å²) in [5, 5.41) is 2.85. The highest BCUT2D eigenvalue weighted by molar-refractivity contribution is 7.80. The lowest BCUT2D eigenvalue weighted by Gasteiger charge is -2.30. The maximum Gasteiger partial charge on any atom is 0.410 e. The third kappa shape index (κ3) is 5.32. The molecule has 2 aliphatic heterocycles. The molecule has 4 atom stereocenters. The van der Waals surface area contributed by atoms with Crippen molar-refractivity contribution in [3.8, 4) is 0 Å². The summed E-state index contributed by atoms with van der Waals surface area (Å²) in [5.41, 5.74) is 8.72. The molecule has 184 valence electrons. The number of carbonyl (C=O) groups excluding carboxylic acids is 3. The first-order chi connectivity index (χ1) is 16.2. The normalized spacial score (nSPS) is 20.8. The molecule has 0 saturated carbocycles. The Bertz CT molecular complexity index is 984. The van der Waals surface area contributed by atoms with Crippen LogP contribution < -0.4 is 11.1 Å². The third-order valence-corrected chi connectivity index (χ3v) is 6.68. The SMILES string of the molecule is C=Cc1cccc2c1CN(C(=O)O[C@@H]1C[C@@H](C(=O)OC)N(C(=O)[C@@H](NC(N)=S)[C@@H](C)CC)C1)C2. The van der Waals surface area contributed by atoms with Crippen LogP contribution in [0.15, 0.2) is 24.8 Å². The van der Waals surface area contributed by atoms with Crippen LogP contribution >= 0.6 is 12.2 Å². The van der Waals surface area contributed by atoms with Gasteiger partial charge in [0.15, 0.2) is 5.11 Å². The predicted octanol–water partition coefficient (Wildman–Crippen LogP) is 2.17. The number of fused-ring (bicyclic) bond motifs is 1. The van der Waals surface area contributed by atoms with E-state index < -0.39 is 30.3 Å². The Morgan fingerprint density at radius 3 is 2.71 bits per heavy atom. The van der Waals surface area contributed by atoms with Gasteiger partial charge >= 0.3 is 12.1 Å². The molecule has 34 heavy (non-hydrogen) atoms. The quantitative estimate of drug-likeness (QED) is 0.443. The second-order valence-electron chi connectivity index (χ2n) is 8.69. The lowest BCUT2D eigenvalue weighted by molar-refractivity contribution is -0.151. The van der Waals surface area contributed by atoms with Crippen LogP contribution in [0, 0.1) is 5.92 Å². The average Bonchev–Trinajstić information content (AvgIpc) is 3.45. The number of thiocarbonyl (C=S) groups is 1. The highest BCUT2D eigenvalue weighted by atomic mass is 32.1. The van der Waals surface area contributed by atoms with Crippen LogP contribution in [0.25, 0.3) is 6.08 Å². The van der Waals surface area contributed by atoms with Crippen LogP contribution in [0.3, 0.4) is 0 Å². The van der Waals surface area contributed by atoms with Crippen LogP contribution in [0.1, 0.15) is 43.4 Å². The Kier molecular flexibility index (Phi) is 8.14. The second kappa shape index (κ2) is 10.9. The minimum atomic E-state index is -0.863. The Hall–Kier alpha value is -3.14. The standard InChI is InChI=1S/C24H32N4O5S/c1-5-14(3)20(26-23(25)34)21(29)28-12-17(10-19(28)22(30)32-4)33-24(31)27-11-16-9-7-8-15(6-2)18(16)13-27/h6-9,14,17,19-20H,2,5,10-13H2,1,3-4H3,(H3,25,26,34)/t14-,17+,19-,20-/m0/s1. The Morgan fingerprint density at radius 1 is 1.35 bits per heavy atom. The number of nitrogens with one attached hydrogen (secondary N) is 1. The molecule has 9 nitrogen and oxygen atoms in total. The molecule has 0 radical (unpaired) electrons. The van der Waals surface area contributed by atoms with E-state index in [1.165, 1.54) is 12.0 Å². The van der Waals surface area contributed by atoms with Gasteiger partial charge in [0.25, 0.3) is 0 Å². The van der Waals surface area contributed by atoms with Crippen LogP contribution in [0.4, 0.5) is 4.79 Å². The number of esters is 1. The Labute approximate surface area is 205 Å². The Balaban J connectivity index is 1.72. The number of methoxy groups -OCH3 is 1. The number of amides is 2. The molecule has 0 spiro atoms. The highest BCUT2D eigenvalue weighted by Gasteiger charge is 2.45. The molecule has 2 heterocycles. The summed E-state index contributed by atoms with van der Waals surface area (Å²) in [6.45, 7) is 8.61. The number of benzene rings is 1. The van der Waals surface area contributed by atoms with E-state index in [-0.39, 0.29) is 29.9 Å². The van der Waals surface area contributed by atoms with Gasteiger partial charge in [-0.3, -0.25) is 9.69 Å².